The number of fused-ring (bicyclic) bond motifs is 1. The zero-order valence-electron chi connectivity index (χ0n) is 15.0. The van der Waals surface area contributed by atoms with Crippen LogP contribution in [0.4, 0.5) is 5.69 Å². The van der Waals surface area contributed by atoms with E-state index in [0.717, 1.165) is 48.1 Å². The van der Waals surface area contributed by atoms with Crippen molar-refractivity contribution in [2.45, 2.75) is 32.2 Å². The molecule has 1 saturated heterocycles. The third-order valence-corrected chi connectivity index (χ3v) is 5.31. The van der Waals surface area contributed by atoms with Crippen molar-refractivity contribution >= 4 is 23.0 Å². The van der Waals surface area contributed by atoms with Crippen LogP contribution in [0.1, 0.15) is 36.4 Å². The lowest BCUT2D eigenvalue weighted by molar-refractivity contribution is 0.296. The van der Waals surface area contributed by atoms with Crippen LogP contribution in [0, 0.1) is 6.92 Å². The molecule has 0 amide bonds. The zero-order valence-corrected chi connectivity index (χ0v) is 15.8. The summed E-state index contributed by atoms with van der Waals surface area (Å²) < 4.78 is 11.6. The molecule has 4 rings (SSSR count). The van der Waals surface area contributed by atoms with Crippen molar-refractivity contribution in [3.05, 3.63) is 53.6 Å². The highest BCUT2D eigenvalue weighted by Crippen LogP contribution is 2.38. The Bertz CT molecular complexity index is 791. The summed E-state index contributed by atoms with van der Waals surface area (Å²) in [6.45, 7) is 4.48. The number of nitrogens with one attached hydrogen (secondary N) is 1. The predicted octanol–water partition coefficient (Wildman–Crippen LogP) is 4.69. The van der Waals surface area contributed by atoms with Crippen LogP contribution in [-0.2, 0) is 0 Å². The van der Waals surface area contributed by atoms with Gasteiger partial charge >= 0.3 is 0 Å². The molecule has 0 aromatic heterocycles. The number of aryl methyl sites for hydroxylation is 1. The van der Waals surface area contributed by atoms with Gasteiger partial charge in [0.15, 0.2) is 16.6 Å². The molecular formula is C21H24N2O2S. The monoisotopic (exact) mass is 368 g/mol. The molecule has 2 aliphatic heterocycles. The van der Waals surface area contributed by atoms with E-state index in [1.165, 1.54) is 11.1 Å². The van der Waals surface area contributed by atoms with Crippen LogP contribution in [-0.4, -0.2) is 29.8 Å². The predicted molar refractivity (Wildman–Crippen MR) is 108 cm³/mol. The van der Waals surface area contributed by atoms with E-state index >= 15 is 0 Å². The van der Waals surface area contributed by atoms with Gasteiger partial charge in [0.2, 0.25) is 0 Å². The maximum Gasteiger partial charge on any atom is 0.173 e. The first-order valence-corrected chi connectivity index (χ1v) is 9.65. The van der Waals surface area contributed by atoms with Crippen LogP contribution in [0.2, 0.25) is 0 Å². The Morgan fingerprint density at radius 2 is 1.81 bits per heavy atom. The largest absolute Gasteiger partial charge is 0.490 e. The van der Waals surface area contributed by atoms with E-state index in [-0.39, 0.29) is 6.04 Å². The standard InChI is InChI=1S/C21H24N2O2S/c1-15-5-8-17(9-6-15)22-21(26)23-11-2-4-18(23)16-7-10-19-20(14-16)25-13-3-12-24-19/h5-10,14,18H,2-4,11-13H2,1H3,(H,22,26)/t18-/m0/s1. The first-order valence-electron chi connectivity index (χ1n) is 9.24. The van der Waals surface area contributed by atoms with Crippen molar-refractivity contribution in [3.8, 4) is 11.5 Å². The van der Waals surface area contributed by atoms with Gasteiger partial charge in [-0.2, -0.15) is 0 Å². The number of likely N-dealkylation sites (tertiary alicyclic amines) is 1. The van der Waals surface area contributed by atoms with Gasteiger partial charge in [0.25, 0.3) is 0 Å². The van der Waals surface area contributed by atoms with E-state index in [1.54, 1.807) is 0 Å². The number of rotatable bonds is 2. The van der Waals surface area contributed by atoms with E-state index in [9.17, 15) is 0 Å². The van der Waals surface area contributed by atoms with Crippen molar-refractivity contribution in [2.24, 2.45) is 0 Å². The Hall–Kier alpha value is -2.27. The Labute approximate surface area is 160 Å². The van der Waals surface area contributed by atoms with Crippen molar-refractivity contribution in [1.29, 1.82) is 0 Å². The average Bonchev–Trinajstić information content (AvgIpc) is 3.02. The maximum absolute atomic E-state index is 5.86. The van der Waals surface area contributed by atoms with E-state index < -0.39 is 0 Å². The molecule has 1 atom stereocenters. The van der Waals surface area contributed by atoms with Crippen LogP contribution in [0.15, 0.2) is 42.5 Å². The summed E-state index contributed by atoms with van der Waals surface area (Å²) >= 11 is 5.71. The Morgan fingerprint density at radius 3 is 2.62 bits per heavy atom. The van der Waals surface area contributed by atoms with Gasteiger partial charge in [0.05, 0.1) is 19.3 Å². The first-order chi connectivity index (χ1) is 12.7. The molecule has 0 bridgehead atoms. The first kappa shape index (κ1) is 17.2. The van der Waals surface area contributed by atoms with E-state index in [0.29, 0.717) is 13.2 Å². The fourth-order valence-corrected chi connectivity index (χ4v) is 3.91. The van der Waals surface area contributed by atoms with Crippen LogP contribution in [0.5, 0.6) is 11.5 Å². The number of benzene rings is 2. The summed E-state index contributed by atoms with van der Waals surface area (Å²) in [7, 11) is 0. The third kappa shape index (κ3) is 3.63. The minimum atomic E-state index is 0.276. The highest BCUT2D eigenvalue weighted by Gasteiger charge is 2.29. The van der Waals surface area contributed by atoms with Gasteiger partial charge in [-0.15, -0.1) is 0 Å². The Balaban J connectivity index is 1.52. The minimum absolute atomic E-state index is 0.276. The number of hydrogen-bond acceptors (Lipinski definition) is 3. The van der Waals surface area contributed by atoms with Gasteiger partial charge in [-0.25, -0.2) is 0 Å². The minimum Gasteiger partial charge on any atom is -0.490 e. The van der Waals surface area contributed by atoms with Gasteiger partial charge in [0.1, 0.15) is 0 Å². The molecule has 2 aromatic carbocycles. The molecule has 0 saturated carbocycles. The molecule has 0 unspecified atom stereocenters. The molecule has 1 N–H and O–H groups in total. The molecule has 2 heterocycles. The highest BCUT2D eigenvalue weighted by molar-refractivity contribution is 7.80. The lowest BCUT2D eigenvalue weighted by Crippen LogP contribution is -2.34. The number of hydrogen-bond donors (Lipinski definition) is 1. The van der Waals surface area contributed by atoms with Gasteiger partial charge in [-0.3, -0.25) is 0 Å². The Morgan fingerprint density at radius 1 is 1.04 bits per heavy atom. The zero-order chi connectivity index (χ0) is 17.9. The van der Waals surface area contributed by atoms with Gasteiger partial charge in [-0.05, 0) is 61.8 Å². The molecular weight excluding hydrogens is 344 g/mol. The van der Waals surface area contributed by atoms with Crippen molar-refractivity contribution in [1.82, 2.24) is 4.90 Å². The molecule has 2 aromatic rings. The van der Waals surface area contributed by atoms with Crippen molar-refractivity contribution in [2.75, 3.05) is 25.1 Å². The second kappa shape index (κ2) is 7.54. The quantitative estimate of drug-likeness (QED) is 0.778. The molecule has 4 nitrogen and oxygen atoms in total. The molecule has 0 spiro atoms. The molecule has 1 fully saturated rings. The number of nitrogens with zero attached hydrogens (tertiary/aromatic N) is 1. The summed E-state index contributed by atoms with van der Waals surface area (Å²) in [4.78, 5) is 2.29. The highest BCUT2D eigenvalue weighted by atomic mass is 32.1. The lowest BCUT2D eigenvalue weighted by atomic mass is 10.0. The van der Waals surface area contributed by atoms with Crippen LogP contribution in [0.25, 0.3) is 0 Å². The van der Waals surface area contributed by atoms with Gasteiger partial charge < -0.3 is 19.7 Å². The summed E-state index contributed by atoms with van der Waals surface area (Å²) in [6, 6.07) is 14.9. The second-order valence-corrected chi connectivity index (χ2v) is 7.29. The summed E-state index contributed by atoms with van der Waals surface area (Å²) in [5, 5.41) is 4.17. The average molecular weight is 369 g/mol. The summed E-state index contributed by atoms with van der Waals surface area (Å²) in [6.07, 6.45) is 3.15. The SMILES string of the molecule is Cc1ccc(NC(=S)N2CCC[C@H]2c2ccc3c(c2)OCCCO3)cc1. The lowest BCUT2D eigenvalue weighted by Gasteiger charge is -2.28. The smallest absolute Gasteiger partial charge is 0.173 e. The van der Waals surface area contributed by atoms with E-state index in [4.69, 9.17) is 21.7 Å². The normalized spacial score (nSPS) is 19.1. The van der Waals surface area contributed by atoms with Crippen LogP contribution >= 0.6 is 12.2 Å². The van der Waals surface area contributed by atoms with Crippen LogP contribution in [0.3, 0.4) is 0 Å². The Kier molecular flexibility index (Phi) is 4.98. The second-order valence-electron chi connectivity index (χ2n) is 6.90. The number of anilines is 1. The van der Waals surface area contributed by atoms with Gasteiger partial charge in [-0.1, -0.05) is 23.8 Å². The van der Waals surface area contributed by atoms with E-state index in [2.05, 4.69) is 53.5 Å². The summed E-state index contributed by atoms with van der Waals surface area (Å²) in [5.41, 5.74) is 3.51. The molecule has 5 heteroatoms. The molecule has 136 valence electrons. The molecule has 0 aliphatic carbocycles. The molecule has 0 radical (unpaired) electrons. The molecule has 2 aliphatic rings. The van der Waals surface area contributed by atoms with E-state index in [1.807, 2.05) is 6.07 Å². The van der Waals surface area contributed by atoms with Crippen molar-refractivity contribution in [3.63, 3.8) is 0 Å². The number of thiocarbonyl (C=S) groups is 1. The van der Waals surface area contributed by atoms with Gasteiger partial charge in [0, 0.05) is 18.7 Å². The maximum atomic E-state index is 5.86. The fraction of sp³-hybridized carbons (Fsp3) is 0.381. The topological polar surface area (TPSA) is 33.7 Å². The van der Waals surface area contributed by atoms with Crippen molar-refractivity contribution < 1.29 is 9.47 Å². The van der Waals surface area contributed by atoms with Crippen LogP contribution < -0.4 is 14.8 Å². The summed E-state index contributed by atoms with van der Waals surface area (Å²) in [5.74, 6) is 1.69. The third-order valence-electron chi connectivity index (χ3n) is 4.97. The fourth-order valence-electron chi connectivity index (χ4n) is 3.58. The number of ether oxygens (including phenoxy) is 2. The molecule has 26 heavy (non-hydrogen) atoms.